The summed E-state index contributed by atoms with van der Waals surface area (Å²) in [7, 11) is 4.01. The Bertz CT molecular complexity index is 815. The van der Waals surface area contributed by atoms with Crippen molar-refractivity contribution in [1.29, 1.82) is 0 Å². The van der Waals surface area contributed by atoms with Gasteiger partial charge in [-0.2, -0.15) is 0 Å². The largest absolute Gasteiger partial charge is 0.361 e. The molecule has 0 aliphatic carbocycles. The molecule has 1 aliphatic rings. The number of benzene rings is 1. The van der Waals surface area contributed by atoms with Crippen LogP contribution in [-0.2, 0) is 6.42 Å². The van der Waals surface area contributed by atoms with Crippen LogP contribution < -0.4 is 10.6 Å². The average molecular weight is 418 g/mol. The lowest BCUT2D eigenvalue weighted by Crippen LogP contribution is -2.45. The van der Waals surface area contributed by atoms with Crippen LogP contribution in [-0.4, -0.2) is 49.7 Å². The molecule has 1 aliphatic heterocycles. The third kappa shape index (κ3) is 5.52. The minimum atomic E-state index is 0.357. The van der Waals surface area contributed by atoms with Crippen molar-refractivity contribution < 1.29 is 4.52 Å². The first-order valence-corrected chi connectivity index (χ1v) is 10.7. The maximum atomic E-state index is 6.26. The number of nitrogens with zero attached hydrogens (tertiary/aromatic N) is 3. The van der Waals surface area contributed by atoms with Gasteiger partial charge in [-0.25, -0.2) is 0 Å². The van der Waals surface area contributed by atoms with Gasteiger partial charge in [0, 0.05) is 36.8 Å². The molecular weight excluding hydrogens is 386 g/mol. The molecule has 1 aromatic carbocycles. The van der Waals surface area contributed by atoms with Crippen molar-refractivity contribution in [3.05, 3.63) is 51.9 Å². The van der Waals surface area contributed by atoms with Crippen LogP contribution in [0.15, 0.2) is 33.8 Å². The van der Waals surface area contributed by atoms with Gasteiger partial charge in [0.2, 0.25) is 0 Å². The summed E-state index contributed by atoms with van der Waals surface area (Å²) in [6, 6.07) is 8.61. The monoisotopic (exact) mass is 417 g/mol. The summed E-state index contributed by atoms with van der Waals surface area (Å²) in [5, 5.41) is 11.8. The van der Waals surface area contributed by atoms with E-state index in [1.165, 1.54) is 24.0 Å². The third-order valence-corrected chi connectivity index (χ3v) is 6.04. The highest BCUT2D eigenvalue weighted by molar-refractivity contribution is 6.30. The number of aryl methyl sites for hydroxylation is 2. The number of likely N-dealkylation sites (tertiary alicyclic amines) is 1. The predicted molar refractivity (Wildman–Crippen MR) is 119 cm³/mol. The van der Waals surface area contributed by atoms with Gasteiger partial charge in [0.25, 0.3) is 0 Å². The number of aromatic nitrogens is 1. The van der Waals surface area contributed by atoms with Gasteiger partial charge in [0.1, 0.15) is 5.76 Å². The van der Waals surface area contributed by atoms with E-state index in [9.17, 15) is 0 Å². The number of hydrogen-bond acceptors (Lipinski definition) is 4. The zero-order valence-corrected chi connectivity index (χ0v) is 18.6. The van der Waals surface area contributed by atoms with Crippen LogP contribution in [0, 0.1) is 19.8 Å². The smallest absolute Gasteiger partial charge is 0.190 e. The van der Waals surface area contributed by atoms with E-state index in [-0.39, 0.29) is 0 Å². The Morgan fingerprint density at radius 1 is 1.34 bits per heavy atom. The maximum absolute atomic E-state index is 6.26. The fraction of sp³-hybridized carbons (Fsp3) is 0.545. The van der Waals surface area contributed by atoms with E-state index < -0.39 is 0 Å². The quantitative estimate of drug-likeness (QED) is 0.553. The highest BCUT2D eigenvalue weighted by atomic mass is 35.5. The van der Waals surface area contributed by atoms with Gasteiger partial charge in [-0.1, -0.05) is 28.9 Å². The topological polar surface area (TPSA) is 65.7 Å². The van der Waals surface area contributed by atoms with Crippen molar-refractivity contribution >= 4 is 17.6 Å². The predicted octanol–water partition coefficient (Wildman–Crippen LogP) is 3.74. The molecule has 1 fully saturated rings. The van der Waals surface area contributed by atoms with Crippen molar-refractivity contribution in [2.45, 2.75) is 39.2 Å². The van der Waals surface area contributed by atoms with Crippen molar-refractivity contribution in [1.82, 2.24) is 20.7 Å². The number of rotatable bonds is 6. The summed E-state index contributed by atoms with van der Waals surface area (Å²) in [5.41, 5.74) is 3.41. The van der Waals surface area contributed by atoms with Crippen LogP contribution in [0.2, 0.25) is 5.02 Å². The summed E-state index contributed by atoms with van der Waals surface area (Å²) in [6.07, 6.45) is 3.25. The first-order chi connectivity index (χ1) is 14.0. The van der Waals surface area contributed by atoms with Crippen molar-refractivity contribution in [2.24, 2.45) is 10.9 Å². The van der Waals surface area contributed by atoms with Gasteiger partial charge in [0.15, 0.2) is 5.96 Å². The van der Waals surface area contributed by atoms with E-state index in [0.717, 1.165) is 48.5 Å². The van der Waals surface area contributed by atoms with E-state index in [4.69, 9.17) is 16.1 Å². The summed E-state index contributed by atoms with van der Waals surface area (Å²) < 4.78 is 5.24. The van der Waals surface area contributed by atoms with E-state index in [0.29, 0.717) is 12.0 Å². The highest BCUT2D eigenvalue weighted by Crippen LogP contribution is 2.35. The second-order valence-electron chi connectivity index (χ2n) is 7.82. The van der Waals surface area contributed by atoms with Gasteiger partial charge in [0.05, 0.1) is 5.69 Å². The SMILES string of the molecule is CN=C(NCCc1c(C)noc1C)NCC1CCCN(C)C1c1cccc(Cl)c1. The lowest BCUT2D eigenvalue weighted by atomic mass is 9.85. The van der Waals surface area contributed by atoms with Gasteiger partial charge in [-0.3, -0.25) is 9.89 Å². The summed E-state index contributed by atoms with van der Waals surface area (Å²) in [5.74, 6) is 2.21. The molecule has 29 heavy (non-hydrogen) atoms. The van der Waals surface area contributed by atoms with E-state index in [1.807, 2.05) is 33.0 Å². The number of aliphatic imine (C=N–C) groups is 1. The first kappa shape index (κ1) is 21.7. The summed E-state index contributed by atoms with van der Waals surface area (Å²) >= 11 is 6.26. The van der Waals surface area contributed by atoms with E-state index >= 15 is 0 Å². The molecule has 0 saturated carbocycles. The number of guanidine groups is 1. The molecule has 0 spiro atoms. The Balaban J connectivity index is 1.57. The van der Waals surface area contributed by atoms with Crippen molar-refractivity contribution in [3.63, 3.8) is 0 Å². The molecule has 7 heteroatoms. The Kier molecular flexibility index (Phi) is 7.56. The molecule has 158 valence electrons. The molecule has 0 radical (unpaired) electrons. The third-order valence-electron chi connectivity index (χ3n) is 5.80. The van der Waals surface area contributed by atoms with Crippen molar-refractivity contribution in [3.8, 4) is 0 Å². The van der Waals surface area contributed by atoms with Crippen LogP contribution in [0.1, 0.15) is 41.5 Å². The van der Waals surface area contributed by atoms with Crippen LogP contribution >= 0.6 is 11.6 Å². The highest BCUT2D eigenvalue weighted by Gasteiger charge is 2.30. The minimum absolute atomic E-state index is 0.357. The number of hydrogen-bond donors (Lipinski definition) is 2. The molecule has 2 unspecified atom stereocenters. The van der Waals surface area contributed by atoms with Gasteiger partial charge >= 0.3 is 0 Å². The van der Waals surface area contributed by atoms with E-state index in [2.05, 4.69) is 44.9 Å². The van der Waals surface area contributed by atoms with Gasteiger partial charge < -0.3 is 15.2 Å². The Labute approximate surface area is 178 Å². The average Bonchev–Trinajstić information content (AvgIpc) is 3.02. The Hall–Kier alpha value is -2.05. The molecular formula is C22H32ClN5O. The van der Waals surface area contributed by atoms with Gasteiger partial charge in [-0.15, -0.1) is 0 Å². The normalized spacial score (nSPS) is 20.7. The van der Waals surface area contributed by atoms with E-state index in [1.54, 1.807) is 0 Å². The molecule has 2 N–H and O–H groups in total. The minimum Gasteiger partial charge on any atom is -0.361 e. The fourth-order valence-electron chi connectivity index (χ4n) is 4.30. The fourth-order valence-corrected chi connectivity index (χ4v) is 4.50. The lowest BCUT2D eigenvalue weighted by molar-refractivity contribution is 0.122. The Morgan fingerprint density at radius 3 is 2.86 bits per heavy atom. The molecule has 2 aromatic rings. The Morgan fingerprint density at radius 2 is 2.17 bits per heavy atom. The second kappa shape index (κ2) is 10.1. The first-order valence-electron chi connectivity index (χ1n) is 10.3. The molecule has 6 nitrogen and oxygen atoms in total. The molecule has 2 heterocycles. The number of piperidine rings is 1. The van der Waals surface area contributed by atoms with Gasteiger partial charge in [-0.05, 0) is 70.3 Å². The van der Waals surface area contributed by atoms with Crippen LogP contribution in [0.25, 0.3) is 0 Å². The lowest BCUT2D eigenvalue weighted by Gasteiger charge is -2.40. The van der Waals surface area contributed by atoms with Crippen LogP contribution in [0.4, 0.5) is 0 Å². The molecule has 0 amide bonds. The summed E-state index contributed by atoms with van der Waals surface area (Å²) in [4.78, 5) is 6.83. The second-order valence-corrected chi connectivity index (χ2v) is 8.25. The van der Waals surface area contributed by atoms with Crippen LogP contribution in [0.5, 0.6) is 0 Å². The molecule has 0 bridgehead atoms. The molecule has 1 aromatic heterocycles. The number of halogens is 1. The summed E-state index contributed by atoms with van der Waals surface area (Å²) in [6.45, 7) is 6.70. The van der Waals surface area contributed by atoms with Crippen molar-refractivity contribution in [2.75, 3.05) is 33.7 Å². The standard InChI is InChI=1S/C22H32ClN5O/c1-15-20(16(2)29-27-15)10-11-25-22(24-3)26-14-18-8-6-12-28(4)21(18)17-7-5-9-19(23)13-17/h5,7,9,13,18,21H,6,8,10-12,14H2,1-4H3,(H2,24,25,26). The molecule has 2 atom stereocenters. The molecule has 1 saturated heterocycles. The zero-order chi connectivity index (χ0) is 20.8. The maximum Gasteiger partial charge on any atom is 0.190 e. The molecule has 3 rings (SSSR count). The number of nitrogens with one attached hydrogen (secondary N) is 2. The zero-order valence-electron chi connectivity index (χ0n) is 17.8. The van der Waals surface area contributed by atoms with Crippen LogP contribution in [0.3, 0.4) is 0 Å².